The van der Waals surface area contributed by atoms with Gasteiger partial charge in [0.2, 0.25) is 0 Å². The van der Waals surface area contributed by atoms with Crippen molar-refractivity contribution in [2.75, 3.05) is 13.7 Å². The summed E-state index contributed by atoms with van der Waals surface area (Å²) in [6.45, 7) is 0.525. The first-order valence-electron chi connectivity index (χ1n) is 5.77. The number of nitrogens with zero attached hydrogens (tertiary/aromatic N) is 1. The van der Waals surface area contributed by atoms with Gasteiger partial charge < -0.3 is 14.1 Å². The molecule has 1 saturated heterocycles. The third-order valence-electron chi connectivity index (χ3n) is 3.02. The maximum absolute atomic E-state index is 12.2. The largest absolute Gasteiger partial charge is 0.467 e. The van der Waals surface area contributed by atoms with Crippen LogP contribution < -0.4 is 0 Å². The molecule has 6 heteroatoms. The fourth-order valence-corrected chi connectivity index (χ4v) is 2.27. The van der Waals surface area contributed by atoms with Gasteiger partial charge in [-0.05, 0) is 43.0 Å². The molecular weight excluding hydrogens is 258 g/mol. The van der Waals surface area contributed by atoms with E-state index in [4.69, 9.17) is 20.8 Å². The number of carbonyl (C=O) groups is 2. The van der Waals surface area contributed by atoms with Crippen LogP contribution in [0.3, 0.4) is 0 Å². The second kappa shape index (κ2) is 5.44. The first kappa shape index (κ1) is 13.0. The number of halogens is 1. The molecule has 1 amide bonds. The maximum atomic E-state index is 12.2. The molecule has 0 N–H and O–H groups in total. The zero-order chi connectivity index (χ0) is 13.1. The van der Waals surface area contributed by atoms with E-state index < -0.39 is 6.04 Å². The summed E-state index contributed by atoms with van der Waals surface area (Å²) < 4.78 is 9.80. The molecule has 0 radical (unpaired) electrons. The number of likely N-dealkylation sites (tertiary alicyclic amines) is 1. The molecule has 0 saturated carbocycles. The molecule has 18 heavy (non-hydrogen) atoms. The Kier molecular flexibility index (Phi) is 3.91. The van der Waals surface area contributed by atoms with Crippen LogP contribution in [0.1, 0.15) is 29.8 Å². The molecule has 0 spiro atoms. The van der Waals surface area contributed by atoms with Crippen molar-refractivity contribution >= 4 is 23.5 Å². The molecule has 1 aromatic rings. The van der Waals surface area contributed by atoms with E-state index in [-0.39, 0.29) is 22.9 Å². The highest BCUT2D eigenvalue weighted by Crippen LogP contribution is 2.22. The lowest BCUT2D eigenvalue weighted by Gasteiger charge is -2.33. The first-order chi connectivity index (χ1) is 8.63. The summed E-state index contributed by atoms with van der Waals surface area (Å²) in [5, 5.41) is 0.157. The highest BCUT2D eigenvalue weighted by Gasteiger charge is 2.34. The van der Waals surface area contributed by atoms with E-state index in [1.807, 2.05) is 0 Å². The predicted octanol–water partition coefficient (Wildman–Crippen LogP) is 2.10. The number of esters is 1. The molecule has 1 atom stereocenters. The number of hydrogen-bond donors (Lipinski definition) is 0. The van der Waals surface area contributed by atoms with Crippen LogP contribution >= 0.6 is 11.6 Å². The summed E-state index contributed by atoms with van der Waals surface area (Å²) in [5.74, 6) is -0.562. The Balaban J connectivity index is 2.18. The summed E-state index contributed by atoms with van der Waals surface area (Å²) in [5.41, 5.74) is 0. The van der Waals surface area contributed by atoms with Crippen LogP contribution in [0.5, 0.6) is 0 Å². The van der Waals surface area contributed by atoms with E-state index in [0.29, 0.717) is 13.0 Å². The van der Waals surface area contributed by atoms with E-state index >= 15 is 0 Å². The van der Waals surface area contributed by atoms with E-state index in [9.17, 15) is 9.59 Å². The minimum atomic E-state index is -0.528. The third kappa shape index (κ3) is 2.51. The monoisotopic (exact) mass is 271 g/mol. The number of carbonyl (C=O) groups excluding carboxylic acids is 2. The lowest BCUT2D eigenvalue weighted by molar-refractivity contribution is -0.147. The zero-order valence-electron chi connectivity index (χ0n) is 10.0. The Morgan fingerprint density at radius 1 is 1.44 bits per heavy atom. The Morgan fingerprint density at radius 3 is 2.83 bits per heavy atom. The lowest BCUT2D eigenvalue weighted by Crippen LogP contribution is -2.48. The molecule has 2 heterocycles. The van der Waals surface area contributed by atoms with Gasteiger partial charge in [-0.25, -0.2) is 4.79 Å². The van der Waals surface area contributed by atoms with Crippen molar-refractivity contribution in [2.45, 2.75) is 25.3 Å². The third-order valence-corrected chi connectivity index (χ3v) is 3.22. The van der Waals surface area contributed by atoms with Crippen LogP contribution in [0.2, 0.25) is 5.22 Å². The lowest BCUT2D eigenvalue weighted by atomic mass is 10.0. The van der Waals surface area contributed by atoms with Crippen molar-refractivity contribution in [1.29, 1.82) is 0 Å². The second-order valence-electron chi connectivity index (χ2n) is 4.14. The quantitative estimate of drug-likeness (QED) is 0.773. The molecule has 2 rings (SSSR count). The number of ether oxygens (including phenoxy) is 1. The molecule has 5 nitrogen and oxygen atoms in total. The van der Waals surface area contributed by atoms with Gasteiger partial charge in [-0.15, -0.1) is 0 Å². The Morgan fingerprint density at radius 2 is 2.22 bits per heavy atom. The van der Waals surface area contributed by atoms with E-state index in [1.165, 1.54) is 24.1 Å². The number of furan rings is 1. The molecule has 0 unspecified atom stereocenters. The summed E-state index contributed by atoms with van der Waals surface area (Å²) in [4.78, 5) is 25.3. The average molecular weight is 272 g/mol. The van der Waals surface area contributed by atoms with Gasteiger partial charge in [-0.1, -0.05) is 0 Å². The van der Waals surface area contributed by atoms with Gasteiger partial charge in [0.1, 0.15) is 6.04 Å². The van der Waals surface area contributed by atoms with Crippen LogP contribution in [0, 0.1) is 0 Å². The van der Waals surface area contributed by atoms with E-state index in [2.05, 4.69) is 0 Å². The molecule has 0 aromatic carbocycles. The van der Waals surface area contributed by atoms with Crippen LogP contribution in [0.4, 0.5) is 0 Å². The average Bonchev–Trinajstić information content (AvgIpc) is 2.83. The van der Waals surface area contributed by atoms with Gasteiger partial charge >= 0.3 is 5.97 Å². The Bertz CT molecular complexity index is 457. The summed E-state index contributed by atoms with van der Waals surface area (Å²) in [7, 11) is 1.32. The Hall–Kier alpha value is -1.49. The summed E-state index contributed by atoms with van der Waals surface area (Å²) in [6.07, 6.45) is 2.39. The minimum absolute atomic E-state index is 0.149. The number of rotatable bonds is 2. The van der Waals surface area contributed by atoms with Crippen molar-refractivity contribution in [1.82, 2.24) is 4.90 Å². The highest BCUT2D eigenvalue weighted by molar-refractivity contribution is 6.29. The van der Waals surface area contributed by atoms with Gasteiger partial charge in [0.25, 0.3) is 5.91 Å². The topological polar surface area (TPSA) is 59.8 Å². The second-order valence-corrected chi connectivity index (χ2v) is 4.51. The molecule has 1 aromatic heterocycles. The number of methoxy groups -OCH3 is 1. The normalized spacial score (nSPS) is 19.7. The first-order valence-corrected chi connectivity index (χ1v) is 6.15. The van der Waals surface area contributed by atoms with Gasteiger partial charge in [-0.3, -0.25) is 4.79 Å². The predicted molar refractivity (Wildman–Crippen MR) is 64.4 cm³/mol. The summed E-state index contributed by atoms with van der Waals surface area (Å²) >= 11 is 5.64. The van der Waals surface area contributed by atoms with Crippen molar-refractivity contribution in [3.63, 3.8) is 0 Å². The fourth-order valence-electron chi connectivity index (χ4n) is 2.13. The molecule has 1 aliphatic rings. The van der Waals surface area contributed by atoms with Crippen molar-refractivity contribution in [3.05, 3.63) is 23.1 Å². The van der Waals surface area contributed by atoms with Gasteiger partial charge in [0, 0.05) is 6.54 Å². The molecule has 0 aliphatic carbocycles. The van der Waals surface area contributed by atoms with E-state index in [1.54, 1.807) is 0 Å². The summed E-state index contributed by atoms with van der Waals surface area (Å²) in [6, 6.07) is 2.49. The van der Waals surface area contributed by atoms with Crippen LogP contribution in [-0.4, -0.2) is 36.5 Å². The minimum Gasteiger partial charge on any atom is -0.467 e. The number of amides is 1. The Labute approximate surface area is 110 Å². The van der Waals surface area contributed by atoms with Crippen molar-refractivity contribution in [3.8, 4) is 0 Å². The highest BCUT2D eigenvalue weighted by atomic mass is 35.5. The van der Waals surface area contributed by atoms with Crippen LogP contribution in [0.15, 0.2) is 16.5 Å². The van der Waals surface area contributed by atoms with Gasteiger partial charge in [0.05, 0.1) is 7.11 Å². The SMILES string of the molecule is COC(=O)[C@H]1CCCCN1C(=O)c1ccc(Cl)o1. The molecule has 1 fully saturated rings. The van der Waals surface area contributed by atoms with Gasteiger partial charge in [-0.2, -0.15) is 0 Å². The van der Waals surface area contributed by atoms with Crippen molar-refractivity contribution in [2.24, 2.45) is 0 Å². The molecular formula is C12H14ClNO4. The van der Waals surface area contributed by atoms with Gasteiger partial charge in [0.15, 0.2) is 11.0 Å². The molecule has 0 bridgehead atoms. The molecule has 98 valence electrons. The van der Waals surface area contributed by atoms with Crippen LogP contribution in [-0.2, 0) is 9.53 Å². The zero-order valence-corrected chi connectivity index (χ0v) is 10.8. The van der Waals surface area contributed by atoms with Crippen molar-refractivity contribution < 1.29 is 18.7 Å². The number of hydrogen-bond acceptors (Lipinski definition) is 4. The standard InChI is InChI=1S/C12H14ClNO4/c1-17-12(16)8-4-2-3-7-14(8)11(15)9-5-6-10(13)18-9/h5-6,8H,2-4,7H2,1H3/t8-/m1/s1. The van der Waals surface area contributed by atoms with E-state index in [0.717, 1.165) is 12.8 Å². The number of piperidine rings is 1. The smallest absolute Gasteiger partial charge is 0.328 e. The fraction of sp³-hybridized carbons (Fsp3) is 0.500. The van der Waals surface area contributed by atoms with Crippen LogP contribution in [0.25, 0.3) is 0 Å². The molecule has 1 aliphatic heterocycles. The maximum Gasteiger partial charge on any atom is 0.328 e.